The normalized spacial score (nSPS) is 14.6. The zero-order valence-electron chi connectivity index (χ0n) is 21.3. The third kappa shape index (κ3) is 6.55. The second-order valence-corrected chi connectivity index (χ2v) is 11.7. The minimum absolute atomic E-state index is 0.0613. The number of benzene rings is 3. The standard InChI is InChI=1S/C29H32ClN3O4S/c1-22(29(35)31-24-13-9-10-14-24)32(20-23-12-8-11-19-27(23)30)28(34)21-33(25-15-4-2-5-16-25)38(36,37)26-17-6-3-7-18-26/h2-8,11-12,15-19,22,24H,9-10,13-14,20-21H2,1H3,(H,31,35). The number of rotatable bonds is 10. The highest BCUT2D eigenvalue weighted by molar-refractivity contribution is 7.92. The van der Waals surface area contributed by atoms with E-state index in [1.54, 1.807) is 73.7 Å². The Labute approximate surface area is 229 Å². The van der Waals surface area contributed by atoms with Gasteiger partial charge in [0.05, 0.1) is 10.6 Å². The Hall–Kier alpha value is -3.36. The van der Waals surface area contributed by atoms with Gasteiger partial charge in [0.25, 0.3) is 10.0 Å². The van der Waals surface area contributed by atoms with E-state index in [1.807, 2.05) is 6.07 Å². The van der Waals surface area contributed by atoms with E-state index in [4.69, 9.17) is 11.6 Å². The van der Waals surface area contributed by atoms with Crippen molar-refractivity contribution in [2.45, 2.75) is 56.1 Å². The molecular weight excluding hydrogens is 522 g/mol. The Kier molecular flexibility index (Phi) is 9.07. The first-order valence-corrected chi connectivity index (χ1v) is 14.6. The van der Waals surface area contributed by atoms with Crippen molar-refractivity contribution < 1.29 is 18.0 Å². The molecule has 0 aliphatic heterocycles. The summed E-state index contributed by atoms with van der Waals surface area (Å²) in [6, 6.07) is 22.8. The number of amides is 2. The van der Waals surface area contributed by atoms with E-state index in [2.05, 4.69) is 5.32 Å². The van der Waals surface area contributed by atoms with Gasteiger partial charge in [-0.05, 0) is 55.7 Å². The third-order valence-electron chi connectivity index (χ3n) is 6.82. The Morgan fingerprint density at radius 3 is 2.13 bits per heavy atom. The lowest BCUT2D eigenvalue weighted by molar-refractivity contribution is -0.139. The lowest BCUT2D eigenvalue weighted by Crippen LogP contribution is -2.52. The van der Waals surface area contributed by atoms with Crippen LogP contribution in [0, 0.1) is 0 Å². The van der Waals surface area contributed by atoms with Crippen molar-refractivity contribution in [3.8, 4) is 0 Å². The van der Waals surface area contributed by atoms with Gasteiger partial charge in [0.15, 0.2) is 0 Å². The summed E-state index contributed by atoms with van der Waals surface area (Å²) in [4.78, 5) is 28.6. The maximum atomic E-state index is 13.9. The molecular formula is C29H32ClN3O4S. The number of halogens is 1. The van der Waals surface area contributed by atoms with Crippen LogP contribution in [0.3, 0.4) is 0 Å². The molecule has 3 aromatic rings. The molecule has 0 radical (unpaired) electrons. The van der Waals surface area contributed by atoms with Gasteiger partial charge in [-0.1, -0.05) is 79.0 Å². The summed E-state index contributed by atoms with van der Waals surface area (Å²) >= 11 is 6.40. The summed E-state index contributed by atoms with van der Waals surface area (Å²) in [7, 11) is -4.07. The summed E-state index contributed by atoms with van der Waals surface area (Å²) in [6.45, 7) is 1.25. The molecule has 0 aromatic heterocycles. The maximum absolute atomic E-state index is 13.9. The molecule has 38 heavy (non-hydrogen) atoms. The number of para-hydroxylation sites is 1. The SMILES string of the molecule is CC(C(=O)NC1CCCC1)N(Cc1ccccc1Cl)C(=O)CN(c1ccccc1)S(=O)(=O)c1ccccc1. The molecule has 1 atom stereocenters. The Morgan fingerprint density at radius 2 is 1.50 bits per heavy atom. The predicted octanol–water partition coefficient (Wildman–Crippen LogP) is 5.01. The van der Waals surface area contributed by atoms with Gasteiger partial charge in [-0.3, -0.25) is 13.9 Å². The molecule has 3 aromatic carbocycles. The fraction of sp³-hybridized carbons (Fsp3) is 0.310. The summed E-state index contributed by atoms with van der Waals surface area (Å²) in [5.41, 5.74) is 1.02. The summed E-state index contributed by atoms with van der Waals surface area (Å²) in [6.07, 6.45) is 3.94. The van der Waals surface area contributed by atoms with Crippen molar-refractivity contribution in [3.05, 3.63) is 95.5 Å². The van der Waals surface area contributed by atoms with Crippen LogP contribution in [0.2, 0.25) is 5.02 Å². The van der Waals surface area contributed by atoms with Crippen LogP contribution in [-0.4, -0.2) is 43.8 Å². The van der Waals surface area contributed by atoms with Crippen LogP contribution in [0.4, 0.5) is 5.69 Å². The molecule has 1 aliphatic carbocycles. The molecule has 200 valence electrons. The van der Waals surface area contributed by atoms with Gasteiger partial charge in [0.1, 0.15) is 12.6 Å². The number of hydrogen-bond acceptors (Lipinski definition) is 4. The molecule has 1 fully saturated rings. The fourth-order valence-corrected chi connectivity index (χ4v) is 6.26. The molecule has 0 saturated heterocycles. The first-order chi connectivity index (χ1) is 18.3. The van der Waals surface area contributed by atoms with Gasteiger partial charge >= 0.3 is 0 Å². The van der Waals surface area contributed by atoms with Crippen LogP contribution in [-0.2, 0) is 26.2 Å². The second kappa shape index (κ2) is 12.5. The smallest absolute Gasteiger partial charge is 0.264 e. The van der Waals surface area contributed by atoms with Crippen molar-refractivity contribution in [2.75, 3.05) is 10.8 Å². The van der Waals surface area contributed by atoms with E-state index < -0.39 is 28.5 Å². The van der Waals surface area contributed by atoms with Gasteiger partial charge in [-0.25, -0.2) is 8.42 Å². The monoisotopic (exact) mass is 553 g/mol. The molecule has 1 N–H and O–H groups in total. The first kappa shape index (κ1) is 27.7. The van der Waals surface area contributed by atoms with E-state index in [0.29, 0.717) is 16.3 Å². The second-order valence-electron chi connectivity index (χ2n) is 9.44. The zero-order chi connectivity index (χ0) is 27.1. The highest BCUT2D eigenvalue weighted by Gasteiger charge is 2.33. The maximum Gasteiger partial charge on any atom is 0.264 e. The van der Waals surface area contributed by atoms with Gasteiger partial charge in [0.2, 0.25) is 11.8 Å². The van der Waals surface area contributed by atoms with E-state index in [9.17, 15) is 18.0 Å². The number of nitrogens with one attached hydrogen (secondary N) is 1. The highest BCUT2D eigenvalue weighted by Crippen LogP contribution is 2.25. The average Bonchev–Trinajstić information content (AvgIpc) is 3.44. The van der Waals surface area contributed by atoms with Gasteiger partial charge in [0, 0.05) is 17.6 Å². The van der Waals surface area contributed by atoms with Gasteiger partial charge in [-0.15, -0.1) is 0 Å². The molecule has 1 unspecified atom stereocenters. The van der Waals surface area contributed by atoms with Crippen molar-refractivity contribution in [1.29, 1.82) is 0 Å². The number of anilines is 1. The molecule has 7 nitrogen and oxygen atoms in total. The Balaban J connectivity index is 1.66. The largest absolute Gasteiger partial charge is 0.352 e. The van der Waals surface area contributed by atoms with Crippen LogP contribution in [0.25, 0.3) is 0 Å². The molecule has 1 saturated carbocycles. The topological polar surface area (TPSA) is 86.8 Å². The van der Waals surface area contributed by atoms with Crippen molar-refractivity contribution in [1.82, 2.24) is 10.2 Å². The van der Waals surface area contributed by atoms with Crippen LogP contribution in [0.15, 0.2) is 89.8 Å². The van der Waals surface area contributed by atoms with Crippen molar-refractivity contribution >= 4 is 39.1 Å². The molecule has 1 aliphatic rings. The summed E-state index contributed by atoms with van der Waals surface area (Å²) in [5.74, 6) is -0.781. The number of hydrogen-bond donors (Lipinski definition) is 1. The summed E-state index contributed by atoms with van der Waals surface area (Å²) < 4.78 is 28.5. The van der Waals surface area contributed by atoms with Crippen LogP contribution in [0.1, 0.15) is 38.2 Å². The van der Waals surface area contributed by atoms with Crippen LogP contribution >= 0.6 is 11.6 Å². The average molecular weight is 554 g/mol. The Bertz CT molecular complexity index is 1350. The van der Waals surface area contributed by atoms with E-state index in [0.717, 1.165) is 30.0 Å². The van der Waals surface area contributed by atoms with E-state index >= 15 is 0 Å². The molecule has 4 rings (SSSR count). The summed E-state index contributed by atoms with van der Waals surface area (Å²) in [5, 5.41) is 3.52. The number of sulfonamides is 1. The minimum atomic E-state index is -4.07. The van der Waals surface area contributed by atoms with Crippen molar-refractivity contribution in [2.24, 2.45) is 0 Å². The lowest BCUT2D eigenvalue weighted by atomic mass is 10.1. The third-order valence-corrected chi connectivity index (χ3v) is 8.98. The molecule has 0 heterocycles. The Morgan fingerprint density at radius 1 is 0.921 bits per heavy atom. The quantitative estimate of drug-likeness (QED) is 0.382. The highest BCUT2D eigenvalue weighted by atomic mass is 35.5. The van der Waals surface area contributed by atoms with E-state index in [1.165, 1.54) is 17.0 Å². The number of carbonyl (C=O) groups is 2. The molecule has 9 heteroatoms. The van der Waals surface area contributed by atoms with Crippen molar-refractivity contribution in [3.63, 3.8) is 0 Å². The van der Waals surface area contributed by atoms with Crippen LogP contribution in [0.5, 0.6) is 0 Å². The molecule has 2 amide bonds. The van der Waals surface area contributed by atoms with Gasteiger partial charge < -0.3 is 10.2 Å². The lowest BCUT2D eigenvalue weighted by Gasteiger charge is -2.32. The molecule has 0 bridgehead atoms. The predicted molar refractivity (Wildman–Crippen MR) is 149 cm³/mol. The minimum Gasteiger partial charge on any atom is -0.352 e. The first-order valence-electron chi connectivity index (χ1n) is 12.7. The van der Waals surface area contributed by atoms with Gasteiger partial charge in [-0.2, -0.15) is 0 Å². The molecule has 0 spiro atoms. The number of nitrogens with zero attached hydrogens (tertiary/aromatic N) is 2. The van der Waals surface area contributed by atoms with Crippen LogP contribution < -0.4 is 9.62 Å². The number of carbonyl (C=O) groups excluding carboxylic acids is 2. The zero-order valence-corrected chi connectivity index (χ0v) is 22.9. The fourth-order valence-electron chi connectivity index (χ4n) is 4.63. The van der Waals surface area contributed by atoms with E-state index in [-0.39, 0.29) is 23.4 Å².